The number of nitrogens with zero attached hydrogens (tertiary/aromatic N) is 2. The van der Waals surface area contributed by atoms with Crippen molar-refractivity contribution < 1.29 is 10.4 Å². The van der Waals surface area contributed by atoms with E-state index in [1.165, 1.54) is 13.8 Å². The Morgan fingerprint density at radius 3 is 1.18 bits per heavy atom. The van der Waals surface area contributed by atoms with Crippen molar-refractivity contribution in [3.05, 3.63) is 82.2 Å². The minimum atomic E-state index is -1.73. The molecule has 0 aliphatic rings. The van der Waals surface area contributed by atoms with E-state index in [9.17, 15) is 20.8 Å². The summed E-state index contributed by atoms with van der Waals surface area (Å²) < 4.78 is 0. The summed E-state index contributed by atoms with van der Waals surface area (Å²) in [6, 6.07) is 16.7. The van der Waals surface area contributed by atoms with E-state index in [0.717, 1.165) is 0 Å². The van der Waals surface area contributed by atoms with Gasteiger partial charge in [0.25, 0.3) is 0 Å². The summed E-state index contributed by atoms with van der Waals surface area (Å²) in [5, 5.41) is 43.0. The second-order valence-corrected chi connectivity index (χ2v) is 5.42. The second-order valence-electron chi connectivity index (χ2n) is 5.42. The Morgan fingerprint density at radius 2 is 0.955 bits per heavy atom. The lowest BCUT2D eigenvalue weighted by atomic mass is 9.71. The monoisotopic (exact) mass is 302 g/mol. The number of hydrogen-bond donors (Lipinski definition) is 2. The maximum absolute atomic E-state index is 12.0. The Hall–Kier alpha value is -1.80. The van der Waals surface area contributed by atoms with Crippen molar-refractivity contribution in [3.8, 4) is 0 Å². The van der Waals surface area contributed by atoms with Gasteiger partial charge in [-0.3, -0.25) is 10.5 Å². The smallest absolute Gasteiger partial charge is 0.0781 e. The van der Waals surface area contributed by atoms with Crippen LogP contribution in [0.5, 0.6) is 0 Å². The highest BCUT2D eigenvalue weighted by Crippen LogP contribution is 2.47. The van der Waals surface area contributed by atoms with E-state index in [0.29, 0.717) is 11.1 Å². The quantitative estimate of drug-likeness (QED) is 0.824. The zero-order valence-electron chi connectivity index (χ0n) is 12.4. The topological polar surface area (TPSA) is 93.1 Å². The van der Waals surface area contributed by atoms with E-state index in [2.05, 4.69) is 0 Å². The molecule has 0 saturated carbocycles. The maximum atomic E-state index is 12.0. The van der Waals surface area contributed by atoms with Crippen LogP contribution in [0.15, 0.2) is 60.7 Å². The molecule has 22 heavy (non-hydrogen) atoms. The summed E-state index contributed by atoms with van der Waals surface area (Å²) in [5.74, 6) is 0. The predicted octanol–water partition coefficient (Wildman–Crippen LogP) is 3.20. The first kappa shape index (κ1) is 16.6. The lowest BCUT2D eigenvalue weighted by Gasteiger charge is -2.58. The minimum Gasteiger partial charge on any atom is -0.761 e. The average molecular weight is 302 g/mol. The van der Waals surface area contributed by atoms with Crippen LogP contribution < -0.4 is 0 Å². The lowest BCUT2D eigenvalue weighted by molar-refractivity contribution is -0.241. The zero-order chi connectivity index (χ0) is 16.4. The van der Waals surface area contributed by atoms with E-state index in [1.807, 2.05) is 0 Å². The van der Waals surface area contributed by atoms with Crippen LogP contribution in [-0.2, 0) is 11.1 Å². The molecule has 0 bridgehead atoms. The standard InChI is InChI=1S/C16H18N2O4/c1-15(17(19)20,13-9-5-3-6-10-13)16(2,18(21)22)14-11-7-4-8-12-14/h3-12,19,21H,1-2H3/q-2/t15-,16-/m0/s1. The average Bonchev–Trinajstić information content (AvgIpc) is 2.54. The van der Waals surface area contributed by atoms with Crippen LogP contribution in [0.1, 0.15) is 25.0 Å². The first-order chi connectivity index (χ1) is 10.3. The van der Waals surface area contributed by atoms with E-state index in [-0.39, 0.29) is 10.5 Å². The van der Waals surface area contributed by atoms with Gasteiger partial charge in [-0.15, -0.1) is 0 Å². The molecular formula is C16H18N2O4-2. The minimum absolute atomic E-state index is 0.281. The van der Waals surface area contributed by atoms with Gasteiger partial charge in [0.1, 0.15) is 0 Å². The highest BCUT2D eigenvalue weighted by molar-refractivity contribution is 5.36. The van der Waals surface area contributed by atoms with E-state index < -0.39 is 11.1 Å². The number of benzene rings is 2. The normalized spacial score (nSPS) is 17.3. The van der Waals surface area contributed by atoms with E-state index in [4.69, 9.17) is 0 Å². The molecule has 2 N–H and O–H groups in total. The van der Waals surface area contributed by atoms with E-state index >= 15 is 0 Å². The van der Waals surface area contributed by atoms with Crippen LogP contribution >= 0.6 is 0 Å². The van der Waals surface area contributed by atoms with Gasteiger partial charge in [0.05, 0.1) is 11.1 Å². The van der Waals surface area contributed by atoms with Gasteiger partial charge in [0.15, 0.2) is 0 Å². The fourth-order valence-corrected chi connectivity index (χ4v) is 2.68. The molecule has 0 heterocycles. The van der Waals surface area contributed by atoms with Crippen LogP contribution in [0.2, 0.25) is 0 Å². The van der Waals surface area contributed by atoms with Gasteiger partial charge in [-0.05, 0) is 25.0 Å². The Bertz CT molecular complexity index is 551. The Morgan fingerprint density at radius 1 is 0.682 bits per heavy atom. The first-order valence-electron chi connectivity index (χ1n) is 6.78. The van der Waals surface area contributed by atoms with Crippen molar-refractivity contribution >= 4 is 0 Å². The van der Waals surface area contributed by atoms with Crippen LogP contribution in [0, 0.1) is 10.4 Å². The highest BCUT2D eigenvalue weighted by atomic mass is 16.8. The third kappa shape index (κ3) is 2.42. The Kier molecular flexibility index (Phi) is 4.62. The molecule has 0 saturated heterocycles. The zero-order valence-corrected chi connectivity index (χ0v) is 12.4. The Labute approximate surface area is 128 Å². The van der Waals surface area contributed by atoms with Crippen molar-refractivity contribution in [2.24, 2.45) is 0 Å². The SMILES string of the molecule is C[C@@](c1ccccc1)(N([O-])O)[C@](C)(c1ccccc1)N([O-])O. The molecule has 6 nitrogen and oxygen atoms in total. The number of hydrogen-bond acceptors (Lipinski definition) is 6. The molecule has 0 spiro atoms. The van der Waals surface area contributed by atoms with Gasteiger partial charge in [0, 0.05) is 0 Å². The van der Waals surface area contributed by atoms with Crippen LogP contribution in [0.4, 0.5) is 0 Å². The van der Waals surface area contributed by atoms with Gasteiger partial charge in [-0.25, -0.2) is 0 Å². The lowest BCUT2D eigenvalue weighted by Crippen LogP contribution is -2.60. The van der Waals surface area contributed by atoms with Crippen LogP contribution in [0.25, 0.3) is 0 Å². The summed E-state index contributed by atoms with van der Waals surface area (Å²) in [7, 11) is 0. The third-order valence-corrected chi connectivity index (χ3v) is 4.38. The van der Waals surface area contributed by atoms with Crippen LogP contribution in [0.3, 0.4) is 0 Å². The molecule has 2 aromatic rings. The molecule has 118 valence electrons. The van der Waals surface area contributed by atoms with Crippen molar-refractivity contribution in [3.63, 3.8) is 0 Å². The maximum Gasteiger partial charge on any atom is 0.0781 e. The molecule has 0 unspecified atom stereocenters. The third-order valence-electron chi connectivity index (χ3n) is 4.38. The fourth-order valence-electron chi connectivity index (χ4n) is 2.68. The summed E-state index contributed by atoms with van der Waals surface area (Å²) in [6.07, 6.45) is 0. The van der Waals surface area contributed by atoms with Gasteiger partial charge < -0.3 is 20.8 Å². The first-order valence-corrected chi connectivity index (χ1v) is 6.78. The summed E-state index contributed by atoms with van der Waals surface area (Å²) in [5.41, 5.74) is -2.67. The van der Waals surface area contributed by atoms with Crippen molar-refractivity contribution in [2.75, 3.05) is 0 Å². The molecule has 0 radical (unpaired) electrons. The molecule has 6 heteroatoms. The summed E-state index contributed by atoms with van der Waals surface area (Å²) in [6.45, 7) is 2.81. The molecule has 0 aromatic heterocycles. The van der Waals surface area contributed by atoms with Gasteiger partial charge in [-0.2, -0.15) is 0 Å². The van der Waals surface area contributed by atoms with Crippen molar-refractivity contribution in [2.45, 2.75) is 24.9 Å². The number of rotatable bonds is 5. The van der Waals surface area contributed by atoms with Gasteiger partial charge in [-0.1, -0.05) is 60.7 Å². The largest absolute Gasteiger partial charge is 0.761 e. The highest BCUT2D eigenvalue weighted by Gasteiger charge is 2.49. The van der Waals surface area contributed by atoms with Gasteiger partial charge >= 0.3 is 0 Å². The van der Waals surface area contributed by atoms with Crippen molar-refractivity contribution in [1.29, 1.82) is 0 Å². The summed E-state index contributed by atoms with van der Waals surface area (Å²) in [4.78, 5) is 0. The molecule has 0 amide bonds. The fraction of sp³-hybridized carbons (Fsp3) is 0.250. The van der Waals surface area contributed by atoms with Crippen LogP contribution in [-0.4, -0.2) is 20.9 Å². The molecular weight excluding hydrogens is 284 g/mol. The van der Waals surface area contributed by atoms with Crippen molar-refractivity contribution in [1.82, 2.24) is 10.5 Å². The molecule has 2 rings (SSSR count). The molecule has 0 fully saturated rings. The number of hydroxylamine groups is 4. The van der Waals surface area contributed by atoms with Gasteiger partial charge in [0.2, 0.25) is 0 Å². The molecule has 2 aromatic carbocycles. The molecule has 0 aliphatic carbocycles. The predicted molar refractivity (Wildman–Crippen MR) is 81.6 cm³/mol. The summed E-state index contributed by atoms with van der Waals surface area (Å²) >= 11 is 0. The van der Waals surface area contributed by atoms with E-state index in [1.54, 1.807) is 60.7 Å². The molecule has 0 aliphatic heterocycles. The molecule has 2 atom stereocenters. The second kappa shape index (κ2) is 6.13. The Balaban J connectivity index is 2.72.